The van der Waals surface area contributed by atoms with Gasteiger partial charge < -0.3 is 16.2 Å². The van der Waals surface area contributed by atoms with Crippen molar-refractivity contribution >= 4 is 5.97 Å². The number of carboxylic acid groups (broad SMARTS) is 1. The standard InChI is InChI=1S/C7H16N2O2/c1-9-5-6(8)3-2-4-7(10)11/h6,9H,2-5,8H2,1H3,(H,10,11). The summed E-state index contributed by atoms with van der Waals surface area (Å²) in [7, 11) is 1.83. The molecule has 0 aromatic carbocycles. The highest BCUT2D eigenvalue weighted by molar-refractivity contribution is 5.66. The van der Waals surface area contributed by atoms with E-state index in [1.807, 2.05) is 7.05 Å². The molecule has 11 heavy (non-hydrogen) atoms. The lowest BCUT2D eigenvalue weighted by atomic mass is 10.1. The fraction of sp³-hybridized carbons (Fsp3) is 0.857. The third kappa shape index (κ3) is 7.29. The summed E-state index contributed by atoms with van der Waals surface area (Å²) in [6.45, 7) is 0.750. The van der Waals surface area contributed by atoms with Crippen molar-refractivity contribution in [3.05, 3.63) is 0 Å². The minimum atomic E-state index is -0.748. The van der Waals surface area contributed by atoms with E-state index in [1.54, 1.807) is 0 Å². The summed E-state index contributed by atoms with van der Waals surface area (Å²) in [6, 6.07) is 0.0827. The van der Waals surface area contributed by atoms with Crippen LogP contribution in [0.3, 0.4) is 0 Å². The summed E-state index contributed by atoms with van der Waals surface area (Å²) in [5, 5.41) is 11.2. The number of carboxylic acids is 1. The predicted octanol–water partition coefficient (Wildman–Crippen LogP) is -0.212. The Morgan fingerprint density at radius 1 is 1.73 bits per heavy atom. The highest BCUT2D eigenvalue weighted by Crippen LogP contribution is 1.97. The largest absolute Gasteiger partial charge is 0.481 e. The maximum atomic E-state index is 10.1. The minimum absolute atomic E-state index is 0.0827. The molecule has 0 spiro atoms. The van der Waals surface area contributed by atoms with Crippen molar-refractivity contribution in [2.45, 2.75) is 25.3 Å². The van der Waals surface area contributed by atoms with E-state index in [0.717, 1.165) is 13.0 Å². The van der Waals surface area contributed by atoms with E-state index in [4.69, 9.17) is 10.8 Å². The number of hydrogen-bond donors (Lipinski definition) is 3. The van der Waals surface area contributed by atoms with Gasteiger partial charge in [-0.05, 0) is 19.9 Å². The summed E-state index contributed by atoms with van der Waals surface area (Å²) >= 11 is 0. The molecule has 0 rings (SSSR count). The van der Waals surface area contributed by atoms with Crippen LogP contribution in [0.25, 0.3) is 0 Å². The average Bonchev–Trinajstić information content (AvgIpc) is 1.87. The number of hydrogen-bond acceptors (Lipinski definition) is 3. The molecule has 1 unspecified atom stereocenters. The SMILES string of the molecule is CNCC(N)CCCC(=O)O. The molecule has 0 radical (unpaired) electrons. The second kappa shape index (κ2) is 6.12. The van der Waals surface area contributed by atoms with E-state index >= 15 is 0 Å². The molecule has 0 aromatic rings. The molecule has 0 aromatic heterocycles. The molecule has 0 aliphatic heterocycles. The molecule has 4 heteroatoms. The van der Waals surface area contributed by atoms with Crippen LogP contribution in [0.5, 0.6) is 0 Å². The van der Waals surface area contributed by atoms with Gasteiger partial charge in [-0.1, -0.05) is 0 Å². The van der Waals surface area contributed by atoms with Gasteiger partial charge in [-0.3, -0.25) is 4.79 Å². The predicted molar refractivity (Wildman–Crippen MR) is 43.4 cm³/mol. The number of rotatable bonds is 6. The first-order valence-electron chi connectivity index (χ1n) is 3.78. The molecule has 0 saturated carbocycles. The Kier molecular flexibility index (Phi) is 5.78. The molecule has 0 heterocycles. The highest BCUT2D eigenvalue weighted by Gasteiger charge is 2.02. The van der Waals surface area contributed by atoms with Crippen molar-refractivity contribution < 1.29 is 9.90 Å². The number of nitrogens with two attached hydrogens (primary N) is 1. The van der Waals surface area contributed by atoms with Crippen molar-refractivity contribution in [3.63, 3.8) is 0 Å². The normalized spacial score (nSPS) is 12.9. The summed E-state index contributed by atoms with van der Waals surface area (Å²) < 4.78 is 0. The van der Waals surface area contributed by atoms with Crippen LogP contribution in [0.15, 0.2) is 0 Å². The zero-order valence-electron chi connectivity index (χ0n) is 6.84. The molecule has 4 N–H and O–H groups in total. The fourth-order valence-corrected chi connectivity index (χ4v) is 0.880. The smallest absolute Gasteiger partial charge is 0.303 e. The average molecular weight is 160 g/mol. The van der Waals surface area contributed by atoms with E-state index in [-0.39, 0.29) is 12.5 Å². The fourth-order valence-electron chi connectivity index (χ4n) is 0.880. The van der Waals surface area contributed by atoms with Gasteiger partial charge in [-0.15, -0.1) is 0 Å². The summed E-state index contributed by atoms with van der Waals surface area (Å²) in [5.74, 6) is -0.748. The molecule has 1 atom stereocenters. The lowest BCUT2D eigenvalue weighted by Crippen LogP contribution is -2.31. The van der Waals surface area contributed by atoms with E-state index < -0.39 is 5.97 Å². The van der Waals surface area contributed by atoms with Gasteiger partial charge in [0.15, 0.2) is 0 Å². The molecule has 0 amide bonds. The number of aliphatic carboxylic acids is 1. The van der Waals surface area contributed by atoms with Gasteiger partial charge in [-0.25, -0.2) is 0 Å². The van der Waals surface area contributed by atoms with E-state index in [0.29, 0.717) is 6.42 Å². The van der Waals surface area contributed by atoms with Crippen LogP contribution in [0.2, 0.25) is 0 Å². The molecule has 0 bridgehead atoms. The molecular weight excluding hydrogens is 144 g/mol. The van der Waals surface area contributed by atoms with Crippen LogP contribution < -0.4 is 11.1 Å². The van der Waals surface area contributed by atoms with Gasteiger partial charge in [0.25, 0.3) is 0 Å². The first-order valence-corrected chi connectivity index (χ1v) is 3.78. The Morgan fingerprint density at radius 3 is 2.82 bits per heavy atom. The van der Waals surface area contributed by atoms with E-state index in [1.165, 1.54) is 0 Å². The molecular formula is C7H16N2O2. The summed E-state index contributed by atoms with van der Waals surface area (Å²) in [6.07, 6.45) is 1.66. The molecule has 0 fully saturated rings. The van der Waals surface area contributed by atoms with Gasteiger partial charge >= 0.3 is 5.97 Å². The van der Waals surface area contributed by atoms with E-state index in [9.17, 15) is 4.79 Å². The Hall–Kier alpha value is -0.610. The summed E-state index contributed by atoms with van der Waals surface area (Å²) in [5.41, 5.74) is 5.61. The second-order valence-electron chi connectivity index (χ2n) is 2.60. The molecule has 4 nitrogen and oxygen atoms in total. The van der Waals surface area contributed by atoms with Gasteiger partial charge in [0, 0.05) is 19.0 Å². The first-order chi connectivity index (χ1) is 5.16. The van der Waals surface area contributed by atoms with Crippen LogP contribution in [0.4, 0.5) is 0 Å². The van der Waals surface area contributed by atoms with Crippen molar-refractivity contribution in [1.82, 2.24) is 5.32 Å². The molecule has 0 aliphatic rings. The van der Waals surface area contributed by atoms with Crippen molar-refractivity contribution in [1.29, 1.82) is 0 Å². The zero-order chi connectivity index (χ0) is 8.69. The monoisotopic (exact) mass is 160 g/mol. The van der Waals surface area contributed by atoms with Gasteiger partial charge in [0.1, 0.15) is 0 Å². The molecule has 66 valence electrons. The van der Waals surface area contributed by atoms with Crippen LogP contribution in [-0.2, 0) is 4.79 Å². The van der Waals surface area contributed by atoms with Crippen LogP contribution in [0, 0.1) is 0 Å². The van der Waals surface area contributed by atoms with Crippen molar-refractivity contribution in [2.75, 3.05) is 13.6 Å². The maximum absolute atomic E-state index is 10.1. The second-order valence-corrected chi connectivity index (χ2v) is 2.60. The van der Waals surface area contributed by atoms with Gasteiger partial charge in [0.05, 0.1) is 0 Å². The zero-order valence-corrected chi connectivity index (χ0v) is 6.84. The van der Waals surface area contributed by atoms with Gasteiger partial charge in [0.2, 0.25) is 0 Å². The Balaban J connectivity index is 3.16. The lowest BCUT2D eigenvalue weighted by molar-refractivity contribution is -0.137. The minimum Gasteiger partial charge on any atom is -0.481 e. The lowest BCUT2D eigenvalue weighted by Gasteiger charge is -2.08. The third-order valence-electron chi connectivity index (χ3n) is 1.43. The Morgan fingerprint density at radius 2 is 2.36 bits per heavy atom. The molecule has 0 aliphatic carbocycles. The topological polar surface area (TPSA) is 75.3 Å². The van der Waals surface area contributed by atoms with E-state index in [2.05, 4.69) is 5.32 Å². The van der Waals surface area contributed by atoms with Crippen LogP contribution in [-0.4, -0.2) is 30.7 Å². The summed E-state index contributed by atoms with van der Waals surface area (Å²) in [4.78, 5) is 10.1. The van der Waals surface area contributed by atoms with Crippen molar-refractivity contribution in [3.8, 4) is 0 Å². The molecule has 0 saturated heterocycles. The maximum Gasteiger partial charge on any atom is 0.303 e. The Bertz CT molecular complexity index is 117. The van der Waals surface area contributed by atoms with Crippen molar-refractivity contribution in [2.24, 2.45) is 5.73 Å². The third-order valence-corrected chi connectivity index (χ3v) is 1.43. The van der Waals surface area contributed by atoms with Crippen LogP contribution >= 0.6 is 0 Å². The Labute approximate surface area is 66.8 Å². The van der Waals surface area contributed by atoms with Gasteiger partial charge in [-0.2, -0.15) is 0 Å². The quantitative estimate of drug-likeness (QED) is 0.502. The number of nitrogens with one attached hydrogen (secondary N) is 1. The number of carbonyl (C=O) groups is 1. The van der Waals surface area contributed by atoms with Crippen LogP contribution in [0.1, 0.15) is 19.3 Å². The highest BCUT2D eigenvalue weighted by atomic mass is 16.4. The number of likely N-dealkylation sites (N-methyl/N-ethyl adjacent to an activating group) is 1. The first kappa shape index (κ1) is 10.4.